The lowest BCUT2D eigenvalue weighted by molar-refractivity contribution is 0.0259. The molecule has 0 radical (unpaired) electrons. The number of anilines is 4. The van der Waals surface area contributed by atoms with E-state index in [2.05, 4.69) is 25.2 Å². The Hall–Kier alpha value is -3.43. The molecule has 4 heterocycles. The number of nitrogen functional groups attached to an aromatic ring is 1. The molecule has 2 fully saturated rings. The summed E-state index contributed by atoms with van der Waals surface area (Å²) in [6, 6.07) is 11.6. The zero-order chi connectivity index (χ0) is 23.3. The highest BCUT2D eigenvalue weighted by Gasteiger charge is 2.25. The van der Waals surface area contributed by atoms with Gasteiger partial charge in [0.1, 0.15) is 17.7 Å². The van der Waals surface area contributed by atoms with Crippen LogP contribution in [-0.4, -0.2) is 58.6 Å². The molecule has 9 heteroatoms. The van der Waals surface area contributed by atoms with Crippen molar-refractivity contribution >= 4 is 23.1 Å². The predicted octanol–water partition coefficient (Wildman–Crippen LogP) is 3.38. The number of nitrogens with one attached hydrogen (secondary N) is 1. The Balaban J connectivity index is 1.30. The molecule has 3 aromatic rings. The monoisotopic (exact) mass is 462 g/mol. The summed E-state index contributed by atoms with van der Waals surface area (Å²) in [6.45, 7) is 2.46. The Labute approximate surface area is 199 Å². The quantitative estimate of drug-likeness (QED) is 0.454. The number of ether oxygens (including phenoxy) is 2. The van der Waals surface area contributed by atoms with Gasteiger partial charge in [0.25, 0.3) is 0 Å². The van der Waals surface area contributed by atoms with E-state index in [0.717, 1.165) is 68.2 Å². The van der Waals surface area contributed by atoms with Crippen molar-refractivity contribution in [2.24, 2.45) is 0 Å². The molecule has 34 heavy (non-hydrogen) atoms. The van der Waals surface area contributed by atoms with E-state index in [1.165, 1.54) is 0 Å². The summed E-state index contributed by atoms with van der Waals surface area (Å²) in [4.78, 5) is 15.7. The Morgan fingerprint density at radius 3 is 2.76 bits per heavy atom. The molecule has 1 atom stereocenters. The lowest BCUT2D eigenvalue weighted by atomic mass is 10.1. The molecule has 2 aliphatic heterocycles. The molecule has 178 valence electrons. The Bertz CT molecular complexity index is 1120. The maximum Gasteiger partial charge on any atom is 0.227 e. The van der Waals surface area contributed by atoms with Gasteiger partial charge in [-0.15, -0.1) is 0 Å². The maximum absolute atomic E-state index is 9.63. The van der Waals surface area contributed by atoms with Gasteiger partial charge >= 0.3 is 0 Å². The third-order valence-electron chi connectivity index (χ3n) is 6.31. The van der Waals surface area contributed by atoms with Crippen LogP contribution in [0.15, 0.2) is 48.8 Å². The van der Waals surface area contributed by atoms with Gasteiger partial charge in [-0.2, -0.15) is 0 Å². The Morgan fingerprint density at radius 1 is 1.09 bits per heavy atom. The first-order valence-corrected chi connectivity index (χ1v) is 11.8. The van der Waals surface area contributed by atoms with E-state index < -0.39 is 0 Å². The van der Waals surface area contributed by atoms with Crippen molar-refractivity contribution in [2.45, 2.75) is 37.8 Å². The highest BCUT2D eigenvalue weighted by molar-refractivity contribution is 5.69. The van der Waals surface area contributed by atoms with E-state index in [9.17, 15) is 5.11 Å². The summed E-state index contributed by atoms with van der Waals surface area (Å²) in [5.41, 5.74) is 9.36. The van der Waals surface area contributed by atoms with E-state index in [1.54, 1.807) is 12.4 Å². The number of nitrogens with two attached hydrogens (primary N) is 1. The molecule has 0 unspecified atom stereocenters. The van der Waals surface area contributed by atoms with Crippen LogP contribution < -0.4 is 20.7 Å². The van der Waals surface area contributed by atoms with Gasteiger partial charge in [0.15, 0.2) is 0 Å². The molecular formula is C25H30N6O3. The number of aliphatic hydroxyl groups is 1. The fraction of sp³-hybridized carbons (Fsp3) is 0.400. The molecule has 0 saturated carbocycles. The van der Waals surface area contributed by atoms with Gasteiger partial charge in [-0.25, -0.2) is 15.0 Å². The predicted molar refractivity (Wildman–Crippen MR) is 131 cm³/mol. The molecule has 2 aromatic heterocycles. The SMILES string of the molecule is Nc1cc(-c2ccnc(Nc3ccnc(N4CCC[C@@H]4CO)c3)n2)ccc1OC1CCOCC1. The van der Waals surface area contributed by atoms with Crippen molar-refractivity contribution < 1.29 is 14.6 Å². The minimum Gasteiger partial charge on any atom is -0.488 e. The number of rotatable bonds is 7. The second kappa shape index (κ2) is 10.2. The summed E-state index contributed by atoms with van der Waals surface area (Å²) in [7, 11) is 0. The zero-order valence-electron chi connectivity index (χ0n) is 19.1. The van der Waals surface area contributed by atoms with Crippen molar-refractivity contribution in [3.63, 3.8) is 0 Å². The first-order chi connectivity index (χ1) is 16.7. The van der Waals surface area contributed by atoms with Gasteiger partial charge in [-0.05, 0) is 43.2 Å². The van der Waals surface area contributed by atoms with Gasteiger partial charge in [-0.1, -0.05) is 0 Å². The van der Waals surface area contributed by atoms with Crippen molar-refractivity contribution in [3.8, 4) is 17.0 Å². The molecule has 2 saturated heterocycles. The van der Waals surface area contributed by atoms with Crippen molar-refractivity contribution in [3.05, 3.63) is 48.8 Å². The van der Waals surface area contributed by atoms with Gasteiger partial charge in [-0.3, -0.25) is 0 Å². The van der Waals surface area contributed by atoms with Crippen LogP contribution in [-0.2, 0) is 4.74 Å². The second-order valence-corrected chi connectivity index (χ2v) is 8.65. The van der Waals surface area contributed by atoms with E-state index in [-0.39, 0.29) is 18.8 Å². The van der Waals surface area contributed by atoms with E-state index in [0.29, 0.717) is 17.4 Å². The molecule has 5 rings (SSSR count). The number of hydrogen-bond acceptors (Lipinski definition) is 9. The molecule has 0 aliphatic carbocycles. The third kappa shape index (κ3) is 5.05. The van der Waals surface area contributed by atoms with Gasteiger partial charge in [0.05, 0.1) is 37.2 Å². The summed E-state index contributed by atoms with van der Waals surface area (Å²) in [5, 5.41) is 12.9. The summed E-state index contributed by atoms with van der Waals surface area (Å²) in [5.74, 6) is 2.01. The smallest absolute Gasteiger partial charge is 0.227 e. The second-order valence-electron chi connectivity index (χ2n) is 8.65. The van der Waals surface area contributed by atoms with Crippen LogP contribution in [0.4, 0.5) is 23.1 Å². The molecule has 1 aromatic carbocycles. The van der Waals surface area contributed by atoms with Crippen molar-refractivity contribution in [1.82, 2.24) is 15.0 Å². The van der Waals surface area contributed by atoms with Gasteiger partial charge in [0, 0.05) is 49.1 Å². The fourth-order valence-corrected chi connectivity index (χ4v) is 4.48. The first-order valence-electron chi connectivity index (χ1n) is 11.8. The summed E-state index contributed by atoms with van der Waals surface area (Å²) >= 11 is 0. The molecular weight excluding hydrogens is 432 g/mol. The number of nitrogens with zero attached hydrogens (tertiary/aromatic N) is 4. The van der Waals surface area contributed by atoms with Crippen LogP contribution in [0.1, 0.15) is 25.7 Å². The minimum atomic E-state index is 0.117. The van der Waals surface area contributed by atoms with Crippen LogP contribution in [0.2, 0.25) is 0 Å². The average molecular weight is 463 g/mol. The largest absolute Gasteiger partial charge is 0.488 e. The highest BCUT2D eigenvalue weighted by Crippen LogP contribution is 2.31. The molecule has 0 spiro atoms. The van der Waals surface area contributed by atoms with E-state index >= 15 is 0 Å². The number of hydrogen-bond donors (Lipinski definition) is 3. The van der Waals surface area contributed by atoms with Crippen LogP contribution in [0.5, 0.6) is 5.75 Å². The number of aromatic nitrogens is 3. The highest BCUT2D eigenvalue weighted by atomic mass is 16.5. The standard InChI is InChI=1S/C25H30N6O3/c26-21-14-17(3-4-23(21)34-20-7-12-33-13-8-20)22-6-10-28-25(30-22)29-18-5-9-27-24(15-18)31-11-1-2-19(31)16-32/h3-6,9-10,14-15,19-20,32H,1-2,7-8,11-13,16,26H2,(H,27,28,29,30)/t19-/m1/s1. The molecule has 4 N–H and O–H groups in total. The topological polar surface area (TPSA) is 119 Å². The van der Waals surface area contributed by atoms with Crippen LogP contribution in [0.25, 0.3) is 11.3 Å². The number of benzene rings is 1. The zero-order valence-corrected chi connectivity index (χ0v) is 19.1. The number of pyridine rings is 1. The average Bonchev–Trinajstić information content (AvgIpc) is 3.35. The van der Waals surface area contributed by atoms with Gasteiger partial charge < -0.3 is 30.5 Å². The normalized spacial score (nSPS) is 18.7. The molecule has 9 nitrogen and oxygen atoms in total. The lowest BCUT2D eigenvalue weighted by Gasteiger charge is -2.24. The minimum absolute atomic E-state index is 0.117. The Kier molecular flexibility index (Phi) is 6.73. The van der Waals surface area contributed by atoms with Crippen molar-refractivity contribution in [1.29, 1.82) is 0 Å². The van der Waals surface area contributed by atoms with Crippen LogP contribution >= 0.6 is 0 Å². The van der Waals surface area contributed by atoms with E-state index in [4.69, 9.17) is 15.2 Å². The lowest BCUT2D eigenvalue weighted by Crippen LogP contribution is -2.32. The van der Waals surface area contributed by atoms with Crippen LogP contribution in [0.3, 0.4) is 0 Å². The van der Waals surface area contributed by atoms with E-state index in [1.807, 2.05) is 36.4 Å². The van der Waals surface area contributed by atoms with Gasteiger partial charge in [0.2, 0.25) is 5.95 Å². The van der Waals surface area contributed by atoms with Crippen LogP contribution in [0, 0.1) is 0 Å². The molecule has 0 amide bonds. The van der Waals surface area contributed by atoms with Crippen molar-refractivity contribution in [2.75, 3.05) is 42.3 Å². The molecule has 2 aliphatic rings. The Morgan fingerprint density at radius 2 is 1.94 bits per heavy atom. The third-order valence-corrected chi connectivity index (χ3v) is 6.31. The molecule has 0 bridgehead atoms. The fourth-order valence-electron chi connectivity index (χ4n) is 4.48. The maximum atomic E-state index is 9.63. The first kappa shape index (κ1) is 22.4. The summed E-state index contributed by atoms with van der Waals surface area (Å²) < 4.78 is 11.5. The summed E-state index contributed by atoms with van der Waals surface area (Å²) in [6.07, 6.45) is 7.38. The number of aliphatic hydroxyl groups excluding tert-OH is 1.